The van der Waals surface area contributed by atoms with Crippen LogP contribution in [0.1, 0.15) is 0 Å². The van der Waals surface area contributed by atoms with Gasteiger partial charge in [-0.25, -0.2) is 15.0 Å². The summed E-state index contributed by atoms with van der Waals surface area (Å²) < 4.78 is 0. The molecule has 42 heavy (non-hydrogen) atoms. The Kier molecular flexibility index (Phi) is 5.75. The van der Waals surface area contributed by atoms with Gasteiger partial charge in [0, 0.05) is 28.3 Å². The second-order valence-corrected chi connectivity index (χ2v) is 10.3. The van der Waals surface area contributed by atoms with Crippen molar-refractivity contribution in [3.63, 3.8) is 0 Å². The molecular formula is C38H24N4. The molecule has 8 aromatic rings. The molecular weight excluding hydrogens is 512 g/mol. The molecule has 0 aliphatic rings. The van der Waals surface area contributed by atoms with Crippen molar-refractivity contribution in [2.24, 2.45) is 0 Å². The smallest absolute Gasteiger partial charge is 0.164 e. The van der Waals surface area contributed by atoms with Gasteiger partial charge in [0.15, 0.2) is 17.5 Å². The maximum absolute atomic E-state index is 5.07. The van der Waals surface area contributed by atoms with E-state index in [-0.39, 0.29) is 0 Å². The van der Waals surface area contributed by atoms with Crippen molar-refractivity contribution in [3.8, 4) is 45.3 Å². The summed E-state index contributed by atoms with van der Waals surface area (Å²) in [5.41, 5.74) is 6.15. The fourth-order valence-corrected chi connectivity index (χ4v) is 5.74. The molecule has 0 atom stereocenters. The highest BCUT2D eigenvalue weighted by Gasteiger charge is 2.16. The molecule has 0 bridgehead atoms. The van der Waals surface area contributed by atoms with Gasteiger partial charge in [-0.05, 0) is 44.8 Å². The molecule has 0 amide bonds. The summed E-state index contributed by atoms with van der Waals surface area (Å²) in [6.07, 6.45) is 1.83. The summed E-state index contributed by atoms with van der Waals surface area (Å²) in [6.45, 7) is 0. The maximum Gasteiger partial charge on any atom is 0.164 e. The van der Waals surface area contributed by atoms with Crippen molar-refractivity contribution in [2.75, 3.05) is 0 Å². The summed E-state index contributed by atoms with van der Waals surface area (Å²) in [6, 6.07) is 48.0. The van der Waals surface area contributed by atoms with Crippen LogP contribution in [-0.4, -0.2) is 19.9 Å². The first-order valence-corrected chi connectivity index (χ1v) is 14.0. The minimum absolute atomic E-state index is 0.641. The lowest BCUT2D eigenvalue weighted by Gasteiger charge is -2.12. The minimum atomic E-state index is 0.641. The van der Waals surface area contributed by atoms with Crippen molar-refractivity contribution in [2.45, 2.75) is 0 Å². The largest absolute Gasteiger partial charge is 0.256 e. The lowest BCUT2D eigenvalue weighted by molar-refractivity contribution is 1.08. The van der Waals surface area contributed by atoms with E-state index in [1.807, 2.05) is 18.3 Å². The predicted octanol–water partition coefficient (Wildman–Crippen LogP) is 9.39. The monoisotopic (exact) mass is 536 g/mol. The van der Waals surface area contributed by atoms with Crippen LogP contribution in [0.25, 0.3) is 77.7 Å². The predicted molar refractivity (Wildman–Crippen MR) is 172 cm³/mol. The SMILES string of the molecule is c1ccc2c(-c3nc(-c4ccc(-c5cccc6ncccc56)cc4)nc(-c4cccc5ccccc45)n3)cccc2c1. The summed E-state index contributed by atoms with van der Waals surface area (Å²) in [7, 11) is 0. The van der Waals surface area contributed by atoms with E-state index in [0.29, 0.717) is 17.5 Å². The van der Waals surface area contributed by atoms with Gasteiger partial charge in [0.25, 0.3) is 0 Å². The molecule has 0 radical (unpaired) electrons. The third-order valence-corrected chi connectivity index (χ3v) is 7.80. The molecule has 196 valence electrons. The van der Waals surface area contributed by atoms with Crippen LogP contribution in [0.5, 0.6) is 0 Å². The van der Waals surface area contributed by atoms with Crippen LogP contribution in [0.2, 0.25) is 0 Å². The first-order valence-electron chi connectivity index (χ1n) is 14.0. The maximum atomic E-state index is 5.07. The number of rotatable bonds is 4. The zero-order chi connectivity index (χ0) is 27.9. The van der Waals surface area contributed by atoms with E-state index >= 15 is 0 Å². The van der Waals surface area contributed by atoms with E-state index in [9.17, 15) is 0 Å². The Labute approximate surface area is 243 Å². The topological polar surface area (TPSA) is 51.6 Å². The minimum Gasteiger partial charge on any atom is -0.256 e. The standard InChI is InChI=1S/C38H24N4/c1-3-13-30-25(9-1)11-5-16-33(30)37-40-36(41-38(42-37)34-17-6-12-26-10-2-4-14-31(26)34)28-22-20-27(21-23-28)29-15-7-19-35-32(29)18-8-24-39-35/h1-24H. The quantitative estimate of drug-likeness (QED) is 0.225. The van der Waals surface area contributed by atoms with Gasteiger partial charge in [-0.2, -0.15) is 0 Å². The fraction of sp³-hybridized carbons (Fsp3) is 0. The number of nitrogens with zero attached hydrogens (tertiary/aromatic N) is 4. The second-order valence-electron chi connectivity index (χ2n) is 10.3. The Balaban J connectivity index is 1.31. The molecule has 0 saturated carbocycles. The molecule has 0 unspecified atom stereocenters. The van der Waals surface area contributed by atoms with Crippen LogP contribution in [0.15, 0.2) is 146 Å². The highest BCUT2D eigenvalue weighted by molar-refractivity contribution is 5.98. The first kappa shape index (κ1) is 24.1. The molecule has 6 aromatic carbocycles. The Bertz CT molecular complexity index is 2140. The highest BCUT2D eigenvalue weighted by atomic mass is 15.0. The Morgan fingerprint density at radius 3 is 1.50 bits per heavy atom. The molecule has 0 spiro atoms. The second kappa shape index (κ2) is 10.0. The number of benzene rings is 6. The molecule has 0 aliphatic heterocycles. The molecule has 8 rings (SSSR count). The lowest BCUT2D eigenvalue weighted by Crippen LogP contribution is -2.01. The van der Waals surface area contributed by atoms with Crippen molar-refractivity contribution in [1.82, 2.24) is 19.9 Å². The van der Waals surface area contributed by atoms with E-state index in [1.54, 1.807) is 0 Å². The summed E-state index contributed by atoms with van der Waals surface area (Å²) in [5, 5.41) is 5.65. The highest BCUT2D eigenvalue weighted by Crippen LogP contribution is 2.33. The van der Waals surface area contributed by atoms with Gasteiger partial charge in [-0.1, -0.05) is 127 Å². The summed E-state index contributed by atoms with van der Waals surface area (Å²) in [4.78, 5) is 19.7. The molecule has 0 fully saturated rings. The number of hydrogen-bond donors (Lipinski definition) is 0. The number of fused-ring (bicyclic) bond motifs is 3. The molecule has 2 heterocycles. The molecule has 0 saturated heterocycles. The summed E-state index contributed by atoms with van der Waals surface area (Å²) >= 11 is 0. The fourth-order valence-electron chi connectivity index (χ4n) is 5.74. The van der Waals surface area contributed by atoms with E-state index in [4.69, 9.17) is 15.0 Å². The van der Waals surface area contributed by atoms with E-state index < -0.39 is 0 Å². The van der Waals surface area contributed by atoms with Gasteiger partial charge in [0.2, 0.25) is 0 Å². The zero-order valence-corrected chi connectivity index (χ0v) is 22.6. The van der Waals surface area contributed by atoms with Crippen molar-refractivity contribution >= 4 is 32.4 Å². The van der Waals surface area contributed by atoms with E-state index in [0.717, 1.165) is 60.3 Å². The van der Waals surface area contributed by atoms with Gasteiger partial charge in [0.05, 0.1) is 5.52 Å². The molecule has 2 aromatic heterocycles. The third-order valence-electron chi connectivity index (χ3n) is 7.80. The van der Waals surface area contributed by atoms with Crippen molar-refractivity contribution < 1.29 is 0 Å². The Morgan fingerprint density at radius 2 is 0.833 bits per heavy atom. The Morgan fingerprint density at radius 1 is 0.333 bits per heavy atom. The summed E-state index contributed by atoms with van der Waals surface area (Å²) in [5.74, 6) is 1.95. The molecule has 4 nitrogen and oxygen atoms in total. The molecule has 0 aliphatic carbocycles. The van der Waals surface area contributed by atoms with Gasteiger partial charge in [0.1, 0.15) is 0 Å². The molecule has 0 N–H and O–H groups in total. The first-order chi connectivity index (χ1) is 20.8. The van der Waals surface area contributed by atoms with E-state index in [1.165, 1.54) is 0 Å². The van der Waals surface area contributed by atoms with Crippen LogP contribution < -0.4 is 0 Å². The van der Waals surface area contributed by atoms with Crippen LogP contribution >= 0.6 is 0 Å². The number of aromatic nitrogens is 4. The van der Waals surface area contributed by atoms with Crippen molar-refractivity contribution in [1.29, 1.82) is 0 Å². The molecule has 4 heteroatoms. The lowest BCUT2D eigenvalue weighted by atomic mass is 9.99. The third kappa shape index (κ3) is 4.18. The van der Waals surface area contributed by atoms with Gasteiger partial charge >= 0.3 is 0 Å². The zero-order valence-electron chi connectivity index (χ0n) is 22.6. The van der Waals surface area contributed by atoms with Crippen LogP contribution in [-0.2, 0) is 0 Å². The van der Waals surface area contributed by atoms with Crippen molar-refractivity contribution in [3.05, 3.63) is 146 Å². The van der Waals surface area contributed by atoms with Crippen LogP contribution in [0.4, 0.5) is 0 Å². The number of hydrogen-bond acceptors (Lipinski definition) is 4. The number of pyridine rings is 1. The van der Waals surface area contributed by atoms with Crippen LogP contribution in [0, 0.1) is 0 Å². The average molecular weight is 537 g/mol. The average Bonchev–Trinajstić information content (AvgIpc) is 3.07. The Hall–Kier alpha value is -5.74. The van der Waals surface area contributed by atoms with Crippen LogP contribution in [0.3, 0.4) is 0 Å². The van der Waals surface area contributed by atoms with Gasteiger partial charge in [-0.15, -0.1) is 0 Å². The van der Waals surface area contributed by atoms with Gasteiger partial charge < -0.3 is 0 Å². The normalized spacial score (nSPS) is 11.3. The van der Waals surface area contributed by atoms with E-state index in [2.05, 4.69) is 132 Å². The van der Waals surface area contributed by atoms with Gasteiger partial charge in [-0.3, -0.25) is 4.98 Å².